The Morgan fingerprint density at radius 1 is 1.17 bits per heavy atom. The van der Waals surface area contributed by atoms with Crippen LogP contribution < -0.4 is 10.5 Å². The first-order valence-corrected chi connectivity index (χ1v) is 9.06. The molecule has 1 atom stereocenters. The number of rotatable bonds is 4. The van der Waals surface area contributed by atoms with Crippen LogP contribution in [0.3, 0.4) is 0 Å². The summed E-state index contributed by atoms with van der Waals surface area (Å²) in [5.41, 5.74) is 1.57. The molecule has 0 aromatic heterocycles. The van der Waals surface area contributed by atoms with E-state index in [9.17, 15) is 12.8 Å². The van der Waals surface area contributed by atoms with Gasteiger partial charge < -0.3 is 10.2 Å². The number of thiocarbonyl (C=S) groups is 1. The van der Waals surface area contributed by atoms with E-state index in [0.717, 1.165) is 5.56 Å². The molecule has 0 heterocycles. The van der Waals surface area contributed by atoms with Crippen molar-refractivity contribution in [2.45, 2.75) is 17.9 Å². The smallest absolute Gasteiger partial charge is 0.238 e. The van der Waals surface area contributed by atoms with Gasteiger partial charge in [-0.3, -0.25) is 0 Å². The van der Waals surface area contributed by atoms with Gasteiger partial charge in [0, 0.05) is 12.7 Å². The maximum atomic E-state index is 12.9. The highest BCUT2D eigenvalue weighted by Gasteiger charge is 2.16. The normalized spacial score (nSPS) is 12.5. The number of nitrogens with two attached hydrogens (primary N) is 1. The number of hydrogen-bond donors (Lipinski definition) is 2. The minimum atomic E-state index is -3.71. The van der Waals surface area contributed by atoms with Crippen LogP contribution >= 0.6 is 12.2 Å². The Hall–Kier alpha value is -2.03. The summed E-state index contributed by atoms with van der Waals surface area (Å²) in [4.78, 5) is 1.89. The Bertz CT molecular complexity index is 821. The second-order valence-corrected chi connectivity index (χ2v) is 7.29. The fraction of sp³-hybridized carbons (Fsp3) is 0.188. The Morgan fingerprint density at radius 3 is 2.21 bits per heavy atom. The van der Waals surface area contributed by atoms with Crippen molar-refractivity contribution in [2.24, 2.45) is 5.14 Å². The van der Waals surface area contributed by atoms with E-state index in [-0.39, 0.29) is 16.8 Å². The molecule has 5 nitrogen and oxygen atoms in total. The first kappa shape index (κ1) is 18.3. The molecule has 0 bridgehead atoms. The summed E-state index contributed by atoms with van der Waals surface area (Å²) >= 11 is 5.36. The zero-order valence-corrected chi connectivity index (χ0v) is 14.9. The van der Waals surface area contributed by atoms with Gasteiger partial charge in [-0.15, -0.1) is 0 Å². The molecule has 0 amide bonds. The van der Waals surface area contributed by atoms with Crippen molar-refractivity contribution in [3.63, 3.8) is 0 Å². The van der Waals surface area contributed by atoms with E-state index < -0.39 is 10.0 Å². The first-order chi connectivity index (χ1) is 11.2. The molecule has 0 spiro atoms. The molecule has 0 aliphatic rings. The number of halogens is 1. The predicted molar refractivity (Wildman–Crippen MR) is 96.6 cm³/mol. The molecule has 2 rings (SSSR count). The van der Waals surface area contributed by atoms with Crippen LogP contribution in [0.2, 0.25) is 0 Å². The minimum Gasteiger partial charge on any atom is -0.345 e. The van der Waals surface area contributed by atoms with Gasteiger partial charge in [-0.2, -0.15) is 0 Å². The van der Waals surface area contributed by atoms with Gasteiger partial charge in [0.05, 0.1) is 10.9 Å². The Morgan fingerprint density at radius 2 is 1.71 bits per heavy atom. The highest BCUT2D eigenvalue weighted by atomic mass is 32.2. The fourth-order valence-electron chi connectivity index (χ4n) is 2.08. The maximum absolute atomic E-state index is 12.9. The zero-order valence-electron chi connectivity index (χ0n) is 13.2. The quantitative estimate of drug-likeness (QED) is 0.813. The van der Waals surface area contributed by atoms with E-state index in [1.807, 2.05) is 18.9 Å². The topological polar surface area (TPSA) is 75.4 Å². The lowest BCUT2D eigenvalue weighted by Gasteiger charge is -2.28. The molecule has 0 fully saturated rings. The van der Waals surface area contributed by atoms with E-state index in [0.29, 0.717) is 10.8 Å². The zero-order chi connectivity index (χ0) is 17.9. The monoisotopic (exact) mass is 367 g/mol. The Kier molecular flexibility index (Phi) is 5.53. The van der Waals surface area contributed by atoms with E-state index in [1.165, 1.54) is 24.3 Å². The number of anilines is 1. The predicted octanol–water partition coefficient (Wildman–Crippen LogP) is 2.86. The summed E-state index contributed by atoms with van der Waals surface area (Å²) < 4.78 is 35.5. The van der Waals surface area contributed by atoms with Gasteiger partial charge in [-0.1, -0.05) is 12.1 Å². The molecule has 0 saturated carbocycles. The van der Waals surface area contributed by atoms with E-state index in [4.69, 9.17) is 17.4 Å². The van der Waals surface area contributed by atoms with Crippen LogP contribution in [0.1, 0.15) is 18.5 Å². The van der Waals surface area contributed by atoms with Crippen LogP contribution in [0.25, 0.3) is 0 Å². The second-order valence-electron chi connectivity index (χ2n) is 5.34. The molecular formula is C16H18FN3O2S2. The number of benzene rings is 2. The molecule has 0 radical (unpaired) electrons. The lowest BCUT2D eigenvalue weighted by atomic mass is 10.1. The van der Waals surface area contributed by atoms with Crippen LogP contribution in [-0.2, 0) is 10.0 Å². The average molecular weight is 367 g/mol. The minimum absolute atomic E-state index is 0.0631. The van der Waals surface area contributed by atoms with Gasteiger partial charge in [0.15, 0.2) is 5.11 Å². The first-order valence-electron chi connectivity index (χ1n) is 7.10. The fourth-order valence-corrected chi connectivity index (χ4v) is 2.87. The van der Waals surface area contributed by atoms with Crippen molar-refractivity contribution in [1.29, 1.82) is 0 Å². The molecule has 0 unspecified atom stereocenters. The van der Waals surface area contributed by atoms with Crippen LogP contribution in [0.4, 0.5) is 10.1 Å². The van der Waals surface area contributed by atoms with Crippen molar-refractivity contribution in [3.05, 3.63) is 59.9 Å². The summed E-state index contributed by atoms with van der Waals surface area (Å²) in [7, 11) is -1.89. The Labute approximate surface area is 146 Å². The number of hydrogen-bond acceptors (Lipinski definition) is 3. The van der Waals surface area contributed by atoms with Gasteiger partial charge in [-0.05, 0) is 61.1 Å². The molecule has 128 valence electrons. The van der Waals surface area contributed by atoms with Crippen molar-refractivity contribution >= 4 is 33.0 Å². The summed E-state index contributed by atoms with van der Waals surface area (Å²) in [5, 5.41) is 8.58. The molecule has 0 aliphatic carbocycles. The standard InChI is InChI=1S/C16H18FN3O2S2/c1-11(12-3-9-15(10-4-12)24(18,21)22)20(2)16(23)19-14-7-5-13(17)6-8-14/h3-11H,1-2H3,(H,19,23)(H2,18,21,22)/t11-/m0/s1. The summed E-state index contributed by atoms with van der Waals surface area (Å²) in [6.45, 7) is 1.94. The van der Waals surface area contributed by atoms with E-state index >= 15 is 0 Å². The third kappa shape index (κ3) is 4.50. The summed E-state index contributed by atoms with van der Waals surface area (Å²) in [6.07, 6.45) is 0. The summed E-state index contributed by atoms with van der Waals surface area (Å²) in [6, 6.07) is 12.1. The van der Waals surface area contributed by atoms with E-state index in [2.05, 4.69) is 5.32 Å². The SMILES string of the molecule is C[C@@H](c1ccc(S(N)(=O)=O)cc1)N(C)C(=S)Nc1ccc(F)cc1. The highest BCUT2D eigenvalue weighted by molar-refractivity contribution is 7.89. The number of primary sulfonamides is 1. The molecule has 3 N–H and O–H groups in total. The second kappa shape index (κ2) is 7.25. The lowest BCUT2D eigenvalue weighted by Crippen LogP contribution is -2.33. The van der Waals surface area contributed by atoms with Crippen LogP contribution in [0.15, 0.2) is 53.4 Å². The molecule has 0 saturated heterocycles. The van der Waals surface area contributed by atoms with Crippen molar-refractivity contribution in [1.82, 2.24) is 4.90 Å². The van der Waals surface area contributed by atoms with Crippen LogP contribution in [0, 0.1) is 5.82 Å². The lowest BCUT2D eigenvalue weighted by molar-refractivity contribution is 0.408. The number of nitrogens with one attached hydrogen (secondary N) is 1. The van der Waals surface area contributed by atoms with Gasteiger partial charge in [-0.25, -0.2) is 17.9 Å². The summed E-state index contributed by atoms with van der Waals surface area (Å²) in [5.74, 6) is -0.317. The van der Waals surface area contributed by atoms with Crippen LogP contribution in [0.5, 0.6) is 0 Å². The van der Waals surface area contributed by atoms with Gasteiger partial charge >= 0.3 is 0 Å². The van der Waals surface area contributed by atoms with E-state index in [1.54, 1.807) is 24.3 Å². The molecule has 2 aromatic rings. The third-order valence-corrected chi connectivity index (χ3v) is 5.01. The number of nitrogens with zero attached hydrogens (tertiary/aromatic N) is 1. The number of sulfonamides is 1. The van der Waals surface area contributed by atoms with Crippen molar-refractivity contribution in [2.75, 3.05) is 12.4 Å². The largest absolute Gasteiger partial charge is 0.345 e. The average Bonchev–Trinajstić information content (AvgIpc) is 2.55. The van der Waals surface area contributed by atoms with Gasteiger partial charge in [0.1, 0.15) is 5.82 Å². The molecule has 2 aromatic carbocycles. The third-order valence-electron chi connectivity index (χ3n) is 3.69. The maximum Gasteiger partial charge on any atom is 0.238 e. The molecule has 8 heteroatoms. The molecular weight excluding hydrogens is 349 g/mol. The van der Waals surface area contributed by atoms with Crippen molar-refractivity contribution < 1.29 is 12.8 Å². The highest BCUT2D eigenvalue weighted by Crippen LogP contribution is 2.21. The van der Waals surface area contributed by atoms with Gasteiger partial charge in [0.2, 0.25) is 10.0 Å². The molecule has 24 heavy (non-hydrogen) atoms. The van der Waals surface area contributed by atoms with Gasteiger partial charge in [0.25, 0.3) is 0 Å². The molecule has 0 aliphatic heterocycles. The van der Waals surface area contributed by atoms with Crippen LogP contribution in [-0.4, -0.2) is 25.5 Å². The Balaban J connectivity index is 2.09. The van der Waals surface area contributed by atoms with Crippen molar-refractivity contribution in [3.8, 4) is 0 Å².